The maximum atomic E-state index is 12.1. The van der Waals surface area contributed by atoms with Crippen LogP contribution in [0.2, 0.25) is 0 Å². The van der Waals surface area contributed by atoms with Crippen molar-refractivity contribution in [3.8, 4) is 0 Å². The van der Waals surface area contributed by atoms with Gasteiger partial charge in [0, 0.05) is 24.6 Å². The summed E-state index contributed by atoms with van der Waals surface area (Å²) < 4.78 is 26.7. The second-order valence-electron chi connectivity index (χ2n) is 5.64. The molecule has 2 aromatic rings. The molecule has 2 rings (SSSR count). The number of hydrogen-bond acceptors (Lipinski definition) is 4. The number of nitrogens with one attached hydrogen (secondary N) is 2. The second kappa shape index (κ2) is 11.2. The Morgan fingerprint density at radius 3 is 2.37 bits per heavy atom. The van der Waals surface area contributed by atoms with Crippen molar-refractivity contribution < 1.29 is 8.42 Å². The first-order valence-corrected chi connectivity index (χ1v) is 10.0. The minimum absolute atomic E-state index is 0. The Kier molecular flexibility index (Phi) is 9.67. The van der Waals surface area contributed by atoms with Gasteiger partial charge in [0.15, 0.2) is 5.96 Å². The molecule has 9 heteroatoms. The summed E-state index contributed by atoms with van der Waals surface area (Å²) in [6.45, 7) is 4.55. The molecule has 0 aliphatic heterocycles. The average Bonchev–Trinajstić information content (AvgIpc) is 2.66. The number of rotatable bonds is 8. The molecule has 0 radical (unpaired) electrons. The largest absolute Gasteiger partial charge is 0.370 e. The number of nitrogens with zero attached hydrogens (tertiary/aromatic N) is 2. The molecule has 0 saturated carbocycles. The lowest BCUT2D eigenvalue weighted by Gasteiger charge is -2.14. The van der Waals surface area contributed by atoms with Crippen LogP contribution in [-0.4, -0.2) is 32.5 Å². The van der Waals surface area contributed by atoms with Gasteiger partial charge in [-0.25, -0.2) is 13.1 Å². The standard InChI is InChI=1S/C18H25N5O2S.HI/c1-3-14-7-5-8-15(4-2)17(14)23-18(19)21-11-12-22-26(24,25)16-9-6-10-20-13-16;/h5-10,13,22H,3-4,11-12H2,1-2H3,(H3,19,21,23);1H. The number of nitrogens with two attached hydrogens (primary N) is 1. The lowest BCUT2D eigenvalue weighted by atomic mass is 10.0. The maximum absolute atomic E-state index is 12.1. The van der Waals surface area contributed by atoms with E-state index in [1.807, 2.05) is 6.07 Å². The monoisotopic (exact) mass is 503 g/mol. The quantitative estimate of drug-likeness (QED) is 0.222. The molecule has 0 aliphatic carbocycles. The number of hydrogen-bond donors (Lipinski definition) is 3. The number of aliphatic imine (C=N–C) groups is 1. The molecule has 0 saturated heterocycles. The molecule has 0 aliphatic rings. The van der Waals surface area contributed by atoms with Crippen LogP contribution in [-0.2, 0) is 22.9 Å². The number of pyridine rings is 1. The summed E-state index contributed by atoms with van der Waals surface area (Å²) in [5.41, 5.74) is 9.28. The van der Waals surface area contributed by atoms with Crippen LogP contribution < -0.4 is 15.8 Å². The normalized spacial score (nSPS) is 11.7. The molecule has 1 aromatic heterocycles. The molecule has 1 heterocycles. The number of aryl methyl sites for hydroxylation is 2. The molecular formula is C18H26IN5O2S. The second-order valence-corrected chi connectivity index (χ2v) is 7.40. The fraction of sp³-hybridized carbons (Fsp3) is 0.333. The lowest BCUT2D eigenvalue weighted by molar-refractivity contribution is 0.582. The van der Waals surface area contributed by atoms with Gasteiger partial charge in [0.05, 0.1) is 6.54 Å². The van der Waals surface area contributed by atoms with Crippen molar-refractivity contribution in [2.24, 2.45) is 10.7 Å². The highest BCUT2D eigenvalue weighted by Gasteiger charge is 2.12. The van der Waals surface area contributed by atoms with Crippen molar-refractivity contribution in [1.29, 1.82) is 0 Å². The van der Waals surface area contributed by atoms with Crippen LogP contribution in [0, 0.1) is 0 Å². The van der Waals surface area contributed by atoms with E-state index in [1.54, 1.807) is 6.07 Å². The molecule has 4 N–H and O–H groups in total. The first kappa shape index (κ1) is 23.3. The molecule has 148 valence electrons. The summed E-state index contributed by atoms with van der Waals surface area (Å²) in [5.74, 6) is 0.265. The van der Waals surface area contributed by atoms with Crippen molar-refractivity contribution in [3.05, 3.63) is 53.9 Å². The Morgan fingerprint density at radius 2 is 1.81 bits per heavy atom. The number of aromatic nitrogens is 1. The molecular weight excluding hydrogens is 477 g/mol. The third-order valence-electron chi connectivity index (χ3n) is 3.88. The van der Waals surface area contributed by atoms with Gasteiger partial charge in [-0.3, -0.25) is 9.98 Å². The molecule has 0 fully saturated rings. The Hall–Kier alpha value is -1.72. The van der Waals surface area contributed by atoms with Crippen molar-refractivity contribution in [2.45, 2.75) is 31.6 Å². The van der Waals surface area contributed by atoms with E-state index in [9.17, 15) is 8.42 Å². The summed E-state index contributed by atoms with van der Waals surface area (Å²) in [6.07, 6.45) is 4.59. The van der Waals surface area contributed by atoms with Gasteiger partial charge in [-0.1, -0.05) is 32.0 Å². The van der Waals surface area contributed by atoms with Crippen molar-refractivity contribution in [3.63, 3.8) is 0 Å². The van der Waals surface area contributed by atoms with Gasteiger partial charge in [-0.2, -0.15) is 0 Å². The number of benzene rings is 1. The fourth-order valence-electron chi connectivity index (χ4n) is 2.52. The van der Waals surface area contributed by atoms with Crippen LogP contribution in [0.4, 0.5) is 5.69 Å². The lowest BCUT2D eigenvalue weighted by Crippen LogP contribution is -2.29. The Labute approximate surface area is 178 Å². The molecule has 0 spiro atoms. The van der Waals surface area contributed by atoms with E-state index in [-0.39, 0.29) is 47.9 Å². The van der Waals surface area contributed by atoms with E-state index in [0.717, 1.165) is 18.5 Å². The molecule has 0 atom stereocenters. The van der Waals surface area contributed by atoms with E-state index >= 15 is 0 Å². The van der Waals surface area contributed by atoms with Gasteiger partial charge in [0.1, 0.15) is 4.90 Å². The summed E-state index contributed by atoms with van der Waals surface area (Å²) in [4.78, 5) is 8.14. The topological polar surface area (TPSA) is 109 Å². The fourth-order valence-corrected chi connectivity index (χ4v) is 3.50. The molecule has 27 heavy (non-hydrogen) atoms. The van der Waals surface area contributed by atoms with Crippen LogP contribution in [0.15, 0.2) is 52.6 Å². The van der Waals surface area contributed by atoms with Gasteiger partial charge < -0.3 is 11.1 Å². The summed E-state index contributed by atoms with van der Waals surface area (Å²) in [7, 11) is -3.58. The van der Waals surface area contributed by atoms with Gasteiger partial charge in [-0.15, -0.1) is 24.0 Å². The number of anilines is 1. The SMILES string of the molecule is CCc1cccc(CC)c1NC(N)=NCCNS(=O)(=O)c1cccnc1.I. The van der Waals surface area contributed by atoms with Crippen LogP contribution >= 0.6 is 24.0 Å². The Balaban J connectivity index is 0.00000364. The van der Waals surface area contributed by atoms with E-state index in [2.05, 4.69) is 46.0 Å². The molecule has 0 amide bonds. The zero-order valence-electron chi connectivity index (χ0n) is 15.5. The highest BCUT2D eigenvalue weighted by molar-refractivity contribution is 14.0. The predicted molar refractivity (Wildman–Crippen MR) is 120 cm³/mol. The first-order chi connectivity index (χ1) is 12.5. The van der Waals surface area contributed by atoms with Crippen molar-refractivity contribution in [2.75, 3.05) is 18.4 Å². The average molecular weight is 503 g/mol. The van der Waals surface area contributed by atoms with E-state index in [0.29, 0.717) is 0 Å². The highest BCUT2D eigenvalue weighted by Crippen LogP contribution is 2.22. The first-order valence-electron chi connectivity index (χ1n) is 8.55. The Bertz CT molecular complexity index is 835. The van der Waals surface area contributed by atoms with Crippen LogP contribution in [0.5, 0.6) is 0 Å². The summed E-state index contributed by atoms with van der Waals surface area (Å²) in [6, 6.07) is 9.20. The van der Waals surface area contributed by atoms with Gasteiger partial charge in [-0.05, 0) is 36.1 Å². The van der Waals surface area contributed by atoms with Crippen molar-refractivity contribution in [1.82, 2.24) is 9.71 Å². The van der Waals surface area contributed by atoms with Crippen LogP contribution in [0.25, 0.3) is 0 Å². The third kappa shape index (κ3) is 6.74. The molecule has 0 unspecified atom stereocenters. The minimum atomic E-state index is -3.58. The van der Waals surface area contributed by atoms with E-state index in [1.165, 1.54) is 29.6 Å². The maximum Gasteiger partial charge on any atom is 0.242 e. The highest BCUT2D eigenvalue weighted by atomic mass is 127. The van der Waals surface area contributed by atoms with Gasteiger partial charge >= 0.3 is 0 Å². The predicted octanol–water partition coefficient (Wildman–Crippen LogP) is 2.53. The Morgan fingerprint density at radius 1 is 1.15 bits per heavy atom. The molecule has 7 nitrogen and oxygen atoms in total. The van der Waals surface area contributed by atoms with Crippen LogP contribution in [0.3, 0.4) is 0 Å². The molecule has 0 bridgehead atoms. The zero-order chi connectivity index (χ0) is 19.0. The smallest absolute Gasteiger partial charge is 0.242 e. The summed E-state index contributed by atoms with van der Waals surface area (Å²) >= 11 is 0. The zero-order valence-corrected chi connectivity index (χ0v) is 18.6. The molecule has 1 aromatic carbocycles. The van der Waals surface area contributed by atoms with E-state index in [4.69, 9.17) is 5.73 Å². The number of para-hydroxylation sites is 1. The van der Waals surface area contributed by atoms with E-state index < -0.39 is 10.0 Å². The number of halogens is 1. The van der Waals surface area contributed by atoms with Crippen LogP contribution in [0.1, 0.15) is 25.0 Å². The van der Waals surface area contributed by atoms with Crippen molar-refractivity contribution >= 4 is 45.6 Å². The van der Waals surface area contributed by atoms with Gasteiger partial charge in [0.25, 0.3) is 0 Å². The van der Waals surface area contributed by atoms with Gasteiger partial charge in [0.2, 0.25) is 10.0 Å². The summed E-state index contributed by atoms with van der Waals surface area (Å²) in [5, 5.41) is 3.15. The number of guanidine groups is 1. The number of sulfonamides is 1. The minimum Gasteiger partial charge on any atom is -0.370 e. The third-order valence-corrected chi connectivity index (χ3v) is 5.33.